The van der Waals surface area contributed by atoms with Gasteiger partial charge in [0, 0.05) is 23.2 Å². The molecular weight excluding hydrogens is 544 g/mol. The molecule has 0 bridgehead atoms. The molecule has 1 saturated heterocycles. The number of hydrogen-bond donors (Lipinski definition) is 0. The average molecular weight is 602 g/mol. The lowest BCUT2D eigenvalue weighted by molar-refractivity contribution is -0.206. The van der Waals surface area contributed by atoms with Crippen LogP contribution in [0.25, 0.3) is 11.3 Å². The fourth-order valence-corrected chi connectivity index (χ4v) is 5.79. The molecule has 0 aliphatic carbocycles. The van der Waals surface area contributed by atoms with Crippen LogP contribution in [0.3, 0.4) is 0 Å². The van der Waals surface area contributed by atoms with E-state index < -0.39 is 17.9 Å². The van der Waals surface area contributed by atoms with Crippen LogP contribution in [0.5, 0.6) is 5.75 Å². The molecule has 3 rings (SSSR count). The fourth-order valence-electron chi connectivity index (χ4n) is 5.79. The third-order valence-electron chi connectivity index (χ3n) is 8.57. The number of nitrogens with zero attached hydrogens (tertiary/aromatic N) is 1. The Morgan fingerprint density at radius 3 is 1.79 bits per heavy atom. The number of hydrogen-bond acceptors (Lipinski definition) is 4. The number of aromatic nitrogens is 1. The van der Waals surface area contributed by atoms with E-state index in [1.165, 1.54) is 108 Å². The Balaban J connectivity index is 1.33. The largest absolute Gasteiger partial charge is 0.490 e. The Labute approximate surface area is 260 Å². The maximum absolute atomic E-state index is 14.9. The smallest absolute Gasteiger partial charge is 0.201 e. The third kappa shape index (κ3) is 13.2. The summed E-state index contributed by atoms with van der Waals surface area (Å²) in [7, 11) is 0. The lowest BCUT2D eigenvalue weighted by Crippen LogP contribution is -2.27. The van der Waals surface area contributed by atoms with Crippen molar-refractivity contribution in [2.24, 2.45) is 5.92 Å². The normalized spacial score (nSPS) is 16.9. The zero-order valence-electron chi connectivity index (χ0n) is 27.0. The van der Waals surface area contributed by atoms with E-state index in [9.17, 15) is 8.78 Å². The first-order chi connectivity index (χ1) is 21.1. The SMILES string of the molecule is CCCCCCCCCCCC[C@H]1CO[C@H](c2ccc(-c3ccc(OCCCCCCCCCC)c(F)c3F)nc2)OC1. The maximum Gasteiger partial charge on any atom is 0.201 e. The monoisotopic (exact) mass is 601 g/mol. The highest BCUT2D eigenvalue weighted by Gasteiger charge is 2.24. The van der Waals surface area contributed by atoms with Crippen molar-refractivity contribution < 1.29 is 23.0 Å². The Bertz CT molecular complexity index is 992. The molecule has 1 aromatic carbocycles. The van der Waals surface area contributed by atoms with Gasteiger partial charge in [0.25, 0.3) is 0 Å². The predicted octanol–water partition coefficient (Wildman–Crippen LogP) is 11.5. The molecule has 1 aliphatic heterocycles. The minimum absolute atomic E-state index is 0.0443. The van der Waals surface area contributed by atoms with Gasteiger partial charge in [-0.1, -0.05) is 129 Å². The van der Waals surface area contributed by atoms with Crippen LogP contribution >= 0.6 is 0 Å². The van der Waals surface area contributed by atoms with Gasteiger partial charge >= 0.3 is 0 Å². The van der Waals surface area contributed by atoms with Crippen LogP contribution in [-0.4, -0.2) is 24.8 Å². The van der Waals surface area contributed by atoms with Crippen molar-refractivity contribution in [1.82, 2.24) is 4.98 Å². The van der Waals surface area contributed by atoms with Crippen LogP contribution < -0.4 is 4.74 Å². The van der Waals surface area contributed by atoms with E-state index in [0.717, 1.165) is 31.2 Å². The van der Waals surface area contributed by atoms with Crippen molar-refractivity contribution >= 4 is 0 Å². The minimum Gasteiger partial charge on any atom is -0.490 e. The summed E-state index contributed by atoms with van der Waals surface area (Å²) < 4.78 is 47.2. The Hall–Kier alpha value is -2.05. The Morgan fingerprint density at radius 2 is 1.23 bits per heavy atom. The van der Waals surface area contributed by atoms with Crippen LogP contribution in [-0.2, 0) is 9.47 Å². The van der Waals surface area contributed by atoms with Gasteiger partial charge in [-0.25, -0.2) is 4.39 Å². The highest BCUT2D eigenvalue weighted by Crippen LogP contribution is 2.31. The van der Waals surface area contributed by atoms with Crippen LogP contribution in [0.15, 0.2) is 30.5 Å². The first kappa shape index (κ1) is 35.4. The van der Waals surface area contributed by atoms with Crippen LogP contribution in [0.2, 0.25) is 0 Å². The molecule has 2 heterocycles. The summed E-state index contributed by atoms with van der Waals surface area (Å²) in [5.74, 6) is -1.52. The van der Waals surface area contributed by atoms with E-state index in [4.69, 9.17) is 14.2 Å². The maximum atomic E-state index is 14.9. The molecule has 0 N–H and O–H groups in total. The molecule has 0 atom stereocenters. The molecule has 1 aromatic heterocycles. The zero-order chi connectivity index (χ0) is 30.5. The van der Waals surface area contributed by atoms with Crippen molar-refractivity contribution in [2.45, 2.75) is 142 Å². The van der Waals surface area contributed by atoms with Crippen molar-refractivity contribution in [1.29, 1.82) is 0 Å². The Morgan fingerprint density at radius 1 is 0.674 bits per heavy atom. The molecule has 2 aromatic rings. The van der Waals surface area contributed by atoms with Gasteiger partial charge in [0.1, 0.15) is 0 Å². The molecule has 0 spiro atoms. The lowest BCUT2D eigenvalue weighted by Gasteiger charge is -2.29. The van der Waals surface area contributed by atoms with Gasteiger partial charge in [0.2, 0.25) is 5.82 Å². The van der Waals surface area contributed by atoms with E-state index in [1.54, 1.807) is 12.3 Å². The second-order valence-electron chi connectivity index (χ2n) is 12.4. The molecule has 0 saturated carbocycles. The second-order valence-corrected chi connectivity index (χ2v) is 12.4. The van der Waals surface area contributed by atoms with Gasteiger partial charge in [0.15, 0.2) is 17.9 Å². The molecule has 0 unspecified atom stereocenters. The third-order valence-corrected chi connectivity index (χ3v) is 8.57. The molecule has 0 amide bonds. The molecule has 1 fully saturated rings. The van der Waals surface area contributed by atoms with E-state index in [0.29, 0.717) is 31.4 Å². The van der Waals surface area contributed by atoms with Gasteiger partial charge in [-0.2, -0.15) is 4.39 Å². The van der Waals surface area contributed by atoms with Gasteiger partial charge in [0.05, 0.1) is 25.5 Å². The highest BCUT2D eigenvalue weighted by atomic mass is 19.2. The van der Waals surface area contributed by atoms with Crippen LogP contribution in [0.4, 0.5) is 8.78 Å². The fraction of sp³-hybridized carbons (Fsp3) is 0.703. The summed E-state index contributed by atoms with van der Waals surface area (Å²) in [6.45, 7) is 6.21. The molecule has 43 heavy (non-hydrogen) atoms. The standard InChI is InChI=1S/C37H57F2NO3/c1-3-5-7-9-11-13-14-15-17-19-21-30-28-42-37(43-29-30)31-22-24-33(40-27-31)32-23-25-34(36(39)35(32)38)41-26-20-18-16-12-10-8-6-4-2/h22-25,27,30,37H,3-21,26,28-29H2,1-2H3/t30-,37-. The average Bonchev–Trinajstić information content (AvgIpc) is 3.03. The number of halogens is 2. The van der Waals surface area contributed by atoms with E-state index >= 15 is 0 Å². The summed E-state index contributed by atoms with van der Waals surface area (Å²) in [5.41, 5.74) is 1.27. The van der Waals surface area contributed by atoms with Crippen LogP contribution in [0.1, 0.15) is 148 Å². The summed E-state index contributed by atoms with van der Waals surface area (Å²) >= 11 is 0. The summed E-state index contributed by atoms with van der Waals surface area (Å²) in [6, 6.07) is 6.54. The minimum atomic E-state index is -0.963. The number of benzene rings is 1. The molecular formula is C37H57F2NO3. The first-order valence-corrected chi connectivity index (χ1v) is 17.4. The molecule has 242 valence electrons. The summed E-state index contributed by atoms with van der Waals surface area (Å²) in [4.78, 5) is 4.40. The number of ether oxygens (including phenoxy) is 3. The van der Waals surface area contributed by atoms with Crippen LogP contribution in [0, 0.1) is 17.6 Å². The quantitative estimate of drug-likeness (QED) is 0.119. The number of unbranched alkanes of at least 4 members (excludes halogenated alkanes) is 16. The lowest BCUT2D eigenvalue weighted by atomic mass is 10.0. The van der Waals surface area contributed by atoms with E-state index in [2.05, 4.69) is 18.8 Å². The topological polar surface area (TPSA) is 40.6 Å². The molecule has 4 nitrogen and oxygen atoms in total. The van der Waals surface area contributed by atoms with Gasteiger partial charge in [-0.3, -0.25) is 4.98 Å². The molecule has 6 heteroatoms. The van der Waals surface area contributed by atoms with Crippen molar-refractivity contribution in [2.75, 3.05) is 19.8 Å². The van der Waals surface area contributed by atoms with Crippen molar-refractivity contribution in [3.05, 3.63) is 47.7 Å². The van der Waals surface area contributed by atoms with E-state index in [1.807, 2.05) is 6.07 Å². The van der Waals surface area contributed by atoms with Crippen molar-refractivity contribution in [3.8, 4) is 17.0 Å². The second kappa shape index (κ2) is 21.6. The highest BCUT2D eigenvalue weighted by molar-refractivity contribution is 5.61. The van der Waals surface area contributed by atoms with Gasteiger partial charge in [-0.05, 0) is 31.0 Å². The first-order valence-electron chi connectivity index (χ1n) is 17.4. The molecule has 1 aliphatic rings. The number of rotatable bonds is 23. The van der Waals surface area contributed by atoms with Gasteiger partial charge < -0.3 is 14.2 Å². The summed E-state index contributed by atoms with van der Waals surface area (Å²) in [6.07, 6.45) is 25.1. The predicted molar refractivity (Wildman–Crippen MR) is 172 cm³/mol. The summed E-state index contributed by atoms with van der Waals surface area (Å²) in [5, 5.41) is 0. The zero-order valence-corrected chi connectivity index (χ0v) is 27.0. The number of pyridine rings is 1. The Kier molecular flexibility index (Phi) is 17.8. The molecule has 0 radical (unpaired) electrons. The van der Waals surface area contributed by atoms with E-state index in [-0.39, 0.29) is 11.3 Å². The van der Waals surface area contributed by atoms with Gasteiger partial charge in [-0.15, -0.1) is 0 Å². The van der Waals surface area contributed by atoms with Crippen molar-refractivity contribution in [3.63, 3.8) is 0 Å².